The highest BCUT2D eigenvalue weighted by Gasteiger charge is 2.35. The number of nitrogens with one attached hydrogen (secondary N) is 1. The van der Waals surface area contributed by atoms with Gasteiger partial charge < -0.3 is 10.2 Å². The van der Waals surface area contributed by atoms with Gasteiger partial charge in [0.1, 0.15) is 0 Å². The molecule has 7 nitrogen and oxygen atoms in total. The molecule has 1 aliphatic rings. The lowest BCUT2D eigenvalue weighted by Crippen LogP contribution is -2.56. The highest BCUT2D eigenvalue weighted by Crippen LogP contribution is 2.18. The third-order valence-corrected chi connectivity index (χ3v) is 3.66. The summed E-state index contributed by atoms with van der Waals surface area (Å²) in [6, 6.07) is 5.94. The van der Waals surface area contributed by atoms with E-state index in [1.165, 1.54) is 4.90 Å². The van der Waals surface area contributed by atoms with Gasteiger partial charge in [0.25, 0.3) is 0 Å². The van der Waals surface area contributed by atoms with Crippen molar-refractivity contribution in [3.8, 4) is 0 Å². The molecule has 0 bridgehead atoms. The van der Waals surface area contributed by atoms with Crippen LogP contribution in [0.15, 0.2) is 24.3 Å². The Morgan fingerprint density at radius 3 is 2.52 bits per heavy atom. The van der Waals surface area contributed by atoms with Gasteiger partial charge in [-0.05, 0) is 30.2 Å². The van der Waals surface area contributed by atoms with Gasteiger partial charge in [-0.1, -0.05) is 18.2 Å². The van der Waals surface area contributed by atoms with Crippen LogP contribution in [0.3, 0.4) is 0 Å². The number of likely N-dealkylation sites (N-methyl/N-ethyl adjacent to an activating group) is 1. The number of rotatable bonds is 4. The smallest absolute Gasteiger partial charge is 0.329 e. The van der Waals surface area contributed by atoms with Crippen molar-refractivity contribution >= 4 is 40.4 Å². The zero-order valence-electron chi connectivity index (χ0n) is 12.5. The van der Waals surface area contributed by atoms with Gasteiger partial charge in [0.15, 0.2) is 0 Å². The minimum atomic E-state index is -0.860. The largest absolute Gasteiger partial charge is 0.333 e. The van der Waals surface area contributed by atoms with Crippen LogP contribution < -0.4 is 5.32 Å². The van der Waals surface area contributed by atoms with E-state index in [4.69, 9.17) is 11.6 Å². The number of carbonyl (C=O) groups excluding carboxylic acids is 4. The van der Waals surface area contributed by atoms with E-state index in [1.807, 2.05) is 0 Å². The van der Waals surface area contributed by atoms with Gasteiger partial charge in [-0.25, -0.2) is 4.79 Å². The van der Waals surface area contributed by atoms with Gasteiger partial charge in [-0.2, -0.15) is 0 Å². The van der Waals surface area contributed by atoms with Crippen molar-refractivity contribution in [2.45, 2.75) is 13.3 Å². The third-order valence-electron chi connectivity index (χ3n) is 3.52. The monoisotopic (exact) mass is 337 g/mol. The molecule has 1 saturated heterocycles. The summed E-state index contributed by atoms with van der Waals surface area (Å²) >= 11 is 5.38. The Hall–Kier alpha value is -2.41. The summed E-state index contributed by atoms with van der Waals surface area (Å²) in [5, 5.41) is 1.99. The first-order valence-electron chi connectivity index (χ1n) is 7.12. The molecule has 1 heterocycles. The first kappa shape index (κ1) is 17.0. The van der Waals surface area contributed by atoms with E-state index < -0.39 is 23.1 Å². The Bertz CT molecular complexity index is 662. The quantitative estimate of drug-likeness (QED) is 0.661. The fraction of sp³-hybridized carbons (Fsp3) is 0.333. The number of benzene rings is 1. The minimum absolute atomic E-state index is 0.0471. The molecule has 0 spiro atoms. The number of imide groups is 1. The SMILES string of the molecule is CCN1CCN(C(=O)Nc2ccccc2CC(=O)Cl)C(=O)C1=O. The molecule has 122 valence electrons. The van der Waals surface area contributed by atoms with Crippen LogP contribution in [-0.4, -0.2) is 52.5 Å². The molecule has 1 aliphatic heterocycles. The standard InChI is InChI=1S/C15H16ClN3O4/c1-2-18-7-8-19(14(22)13(18)21)15(23)17-11-6-4-3-5-10(11)9-12(16)20/h3-6H,2,7-9H2,1H3,(H,17,23). The van der Waals surface area contributed by atoms with E-state index >= 15 is 0 Å². The number of hydrogen-bond donors (Lipinski definition) is 1. The summed E-state index contributed by atoms with van der Waals surface area (Å²) in [6.45, 7) is 2.61. The van der Waals surface area contributed by atoms with E-state index in [0.29, 0.717) is 24.3 Å². The summed E-state index contributed by atoms with van der Waals surface area (Å²) in [5.74, 6) is -1.56. The molecule has 0 aliphatic carbocycles. The molecule has 2 rings (SSSR count). The zero-order valence-corrected chi connectivity index (χ0v) is 13.3. The van der Waals surface area contributed by atoms with Crippen molar-refractivity contribution in [2.24, 2.45) is 0 Å². The number of carbonyl (C=O) groups is 4. The van der Waals surface area contributed by atoms with Crippen molar-refractivity contribution in [3.63, 3.8) is 0 Å². The maximum Gasteiger partial charge on any atom is 0.329 e. The fourth-order valence-corrected chi connectivity index (χ4v) is 2.44. The normalized spacial score (nSPS) is 14.9. The van der Waals surface area contributed by atoms with Crippen molar-refractivity contribution in [2.75, 3.05) is 25.0 Å². The second-order valence-electron chi connectivity index (χ2n) is 4.96. The van der Waals surface area contributed by atoms with Crippen LogP contribution in [0.5, 0.6) is 0 Å². The fourth-order valence-electron chi connectivity index (χ4n) is 2.30. The predicted molar refractivity (Wildman–Crippen MR) is 84.0 cm³/mol. The summed E-state index contributed by atoms with van der Waals surface area (Å²) in [6.07, 6.45) is -0.0471. The van der Waals surface area contributed by atoms with Crippen LogP contribution in [0, 0.1) is 0 Å². The van der Waals surface area contributed by atoms with E-state index in [2.05, 4.69) is 5.32 Å². The van der Waals surface area contributed by atoms with E-state index in [-0.39, 0.29) is 13.0 Å². The van der Waals surface area contributed by atoms with Gasteiger partial charge in [0.2, 0.25) is 5.24 Å². The average Bonchev–Trinajstić information content (AvgIpc) is 2.51. The number of para-hydroxylation sites is 1. The molecule has 1 N–H and O–H groups in total. The van der Waals surface area contributed by atoms with Gasteiger partial charge in [-0.3, -0.25) is 19.3 Å². The van der Waals surface area contributed by atoms with Gasteiger partial charge in [0, 0.05) is 31.7 Å². The molecule has 4 amide bonds. The molecule has 0 saturated carbocycles. The Labute approximate surface area is 138 Å². The molecule has 0 atom stereocenters. The van der Waals surface area contributed by atoms with Crippen LogP contribution in [0.1, 0.15) is 12.5 Å². The van der Waals surface area contributed by atoms with Crippen LogP contribution in [-0.2, 0) is 20.8 Å². The summed E-state index contributed by atoms with van der Waals surface area (Å²) in [5.41, 5.74) is 0.913. The van der Waals surface area contributed by atoms with Gasteiger partial charge in [-0.15, -0.1) is 0 Å². The topological polar surface area (TPSA) is 86.8 Å². The highest BCUT2D eigenvalue weighted by atomic mass is 35.5. The Morgan fingerprint density at radius 1 is 1.17 bits per heavy atom. The first-order chi connectivity index (χ1) is 10.9. The minimum Gasteiger partial charge on any atom is -0.333 e. The third kappa shape index (κ3) is 3.87. The molecule has 8 heteroatoms. The van der Waals surface area contributed by atoms with Crippen molar-refractivity contribution in [1.82, 2.24) is 9.80 Å². The van der Waals surface area contributed by atoms with Crippen molar-refractivity contribution in [1.29, 1.82) is 0 Å². The molecule has 0 radical (unpaired) electrons. The first-order valence-corrected chi connectivity index (χ1v) is 7.49. The molecule has 1 aromatic rings. The zero-order chi connectivity index (χ0) is 17.0. The second-order valence-corrected chi connectivity index (χ2v) is 5.38. The number of anilines is 1. The molecular weight excluding hydrogens is 322 g/mol. The Balaban J connectivity index is 2.12. The van der Waals surface area contributed by atoms with E-state index in [0.717, 1.165) is 4.90 Å². The molecule has 0 unspecified atom stereocenters. The molecular formula is C15H16ClN3O4. The number of amides is 4. The number of piperazine rings is 1. The lowest BCUT2D eigenvalue weighted by Gasteiger charge is -2.31. The van der Waals surface area contributed by atoms with E-state index in [9.17, 15) is 19.2 Å². The lowest BCUT2D eigenvalue weighted by atomic mass is 10.1. The predicted octanol–water partition coefficient (Wildman–Crippen LogP) is 1.22. The van der Waals surface area contributed by atoms with Crippen LogP contribution >= 0.6 is 11.6 Å². The summed E-state index contributed by atoms with van der Waals surface area (Å²) < 4.78 is 0. The summed E-state index contributed by atoms with van der Waals surface area (Å²) in [7, 11) is 0. The maximum atomic E-state index is 12.3. The Kier molecular flexibility index (Phi) is 5.33. The highest BCUT2D eigenvalue weighted by molar-refractivity contribution is 6.63. The van der Waals surface area contributed by atoms with Gasteiger partial charge in [0.05, 0.1) is 0 Å². The van der Waals surface area contributed by atoms with Gasteiger partial charge >= 0.3 is 17.8 Å². The van der Waals surface area contributed by atoms with Crippen molar-refractivity contribution < 1.29 is 19.2 Å². The second kappa shape index (κ2) is 7.23. The number of nitrogens with zero attached hydrogens (tertiary/aromatic N) is 2. The molecule has 1 aromatic carbocycles. The number of halogens is 1. The lowest BCUT2D eigenvalue weighted by molar-refractivity contribution is -0.153. The van der Waals surface area contributed by atoms with E-state index in [1.54, 1.807) is 31.2 Å². The molecule has 0 aromatic heterocycles. The average molecular weight is 338 g/mol. The molecule has 1 fully saturated rings. The number of hydrogen-bond acceptors (Lipinski definition) is 4. The van der Waals surface area contributed by atoms with Crippen LogP contribution in [0.2, 0.25) is 0 Å². The Morgan fingerprint density at radius 2 is 1.87 bits per heavy atom. The maximum absolute atomic E-state index is 12.3. The molecule has 23 heavy (non-hydrogen) atoms. The van der Waals surface area contributed by atoms with Crippen LogP contribution in [0.25, 0.3) is 0 Å². The van der Waals surface area contributed by atoms with Crippen LogP contribution in [0.4, 0.5) is 10.5 Å². The summed E-state index contributed by atoms with van der Waals surface area (Å²) in [4.78, 5) is 49.4. The van der Waals surface area contributed by atoms with Crippen molar-refractivity contribution in [3.05, 3.63) is 29.8 Å². The number of urea groups is 1.